The second-order valence-corrected chi connectivity index (χ2v) is 10.1. The number of nitrogens with zero attached hydrogens (tertiary/aromatic N) is 8. The summed E-state index contributed by atoms with van der Waals surface area (Å²) in [6.07, 6.45) is 0.255. The van der Waals surface area contributed by atoms with Crippen molar-refractivity contribution < 1.29 is 10.2 Å². The number of aromatic amines is 1. The molecule has 13 heteroatoms. The average molecular weight is 495 g/mol. The molecule has 182 valence electrons. The van der Waals surface area contributed by atoms with Crippen molar-refractivity contribution in [2.24, 2.45) is 0 Å². The Morgan fingerprint density at radius 2 is 1.94 bits per heavy atom. The highest BCUT2D eigenvalue weighted by Gasteiger charge is 2.46. The van der Waals surface area contributed by atoms with Gasteiger partial charge in [-0.15, -0.1) is 15.3 Å². The van der Waals surface area contributed by atoms with Crippen LogP contribution in [0.2, 0.25) is 0 Å². The Kier molecular flexibility index (Phi) is 5.82. The molecule has 6 atom stereocenters. The molecule has 35 heavy (non-hydrogen) atoms. The number of anilines is 1. The van der Waals surface area contributed by atoms with Gasteiger partial charge in [0, 0.05) is 17.7 Å². The molecule has 0 spiro atoms. The van der Waals surface area contributed by atoms with Gasteiger partial charge in [-0.3, -0.25) is 0 Å². The van der Waals surface area contributed by atoms with Gasteiger partial charge in [0.2, 0.25) is 0 Å². The first kappa shape index (κ1) is 22.3. The van der Waals surface area contributed by atoms with Crippen molar-refractivity contribution in [1.29, 1.82) is 0 Å². The molecule has 6 rings (SSSR count). The molecule has 4 N–H and O–H groups in total. The number of aliphatic hydroxyl groups excluding tert-OH is 2. The molecule has 0 aliphatic heterocycles. The van der Waals surface area contributed by atoms with Crippen LogP contribution >= 0.6 is 11.8 Å². The largest absolute Gasteiger partial charge is 0.390 e. The number of aromatic nitrogens is 9. The summed E-state index contributed by atoms with van der Waals surface area (Å²) in [6, 6.07) is 10.1. The number of hydrogen-bond donors (Lipinski definition) is 4. The predicted molar refractivity (Wildman–Crippen MR) is 128 cm³/mol. The molecule has 3 aromatic heterocycles. The van der Waals surface area contributed by atoms with Crippen LogP contribution in [0.25, 0.3) is 11.2 Å². The van der Waals surface area contributed by atoms with Gasteiger partial charge in [-0.25, -0.2) is 14.6 Å². The van der Waals surface area contributed by atoms with Gasteiger partial charge < -0.3 is 15.5 Å². The highest BCUT2D eigenvalue weighted by Crippen LogP contribution is 2.44. The van der Waals surface area contributed by atoms with Crippen LogP contribution in [0.5, 0.6) is 0 Å². The van der Waals surface area contributed by atoms with Crippen molar-refractivity contribution in [3.05, 3.63) is 41.7 Å². The summed E-state index contributed by atoms with van der Waals surface area (Å²) < 4.78 is 1.60. The summed E-state index contributed by atoms with van der Waals surface area (Å²) in [6.45, 7) is 2.11. The van der Waals surface area contributed by atoms with Crippen LogP contribution < -0.4 is 5.32 Å². The lowest BCUT2D eigenvalue weighted by Crippen LogP contribution is -2.29. The Balaban J connectivity index is 1.32. The number of H-pyrrole nitrogens is 1. The van der Waals surface area contributed by atoms with Gasteiger partial charge in [-0.1, -0.05) is 59.4 Å². The van der Waals surface area contributed by atoms with Gasteiger partial charge in [0.15, 0.2) is 28.0 Å². The fourth-order valence-electron chi connectivity index (χ4n) is 4.82. The number of benzene rings is 1. The van der Waals surface area contributed by atoms with Crippen molar-refractivity contribution in [1.82, 2.24) is 45.6 Å². The normalized spacial score (nSPS) is 28.0. The molecule has 2 aliphatic rings. The van der Waals surface area contributed by atoms with E-state index >= 15 is 0 Å². The molecule has 2 fully saturated rings. The van der Waals surface area contributed by atoms with Gasteiger partial charge >= 0.3 is 0 Å². The van der Waals surface area contributed by atoms with Gasteiger partial charge in [0.1, 0.15) is 6.10 Å². The number of thioether (sulfide) groups is 1. The van der Waals surface area contributed by atoms with Gasteiger partial charge in [0.25, 0.3) is 0 Å². The second kappa shape index (κ2) is 9.13. The van der Waals surface area contributed by atoms with E-state index in [4.69, 9.17) is 9.97 Å². The van der Waals surface area contributed by atoms with E-state index in [2.05, 4.69) is 67.4 Å². The third kappa shape index (κ3) is 4.13. The number of nitrogens with one attached hydrogen (secondary N) is 2. The summed E-state index contributed by atoms with van der Waals surface area (Å²) in [5.41, 5.74) is 2.38. The Bertz CT molecular complexity index is 1300. The topological polar surface area (TPSA) is 163 Å². The zero-order valence-electron chi connectivity index (χ0n) is 19.1. The third-order valence-corrected chi connectivity index (χ3v) is 7.79. The van der Waals surface area contributed by atoms with E-state index in [1.807, 2.05) is 6.07 Å². The molecule has 2 saturated carbocycles. The molecule has 0 saturated heterocycles. The SMILES string of the molecule is CCCSc1nc(N[C@H]2C[C@@H]2c2ccccc2)c2nnn(C3CC(c4nn[nH]n4)[C@@H](O)[C@H]3O)c2n1. The van der Waals surface area contributed by atoms with E-state index in [0.29, 0.717) is 40.3 Å². The maximum Gasteiger partial charge on any atom is 0.191 e. The van der Waals surface area contributed by atoms with E-state index in [1.165, 1.54) is 5.56 Å². The Morgan fingerprint density at radius 1 is 1.09 bits per heavy atom. The van der Waals surface area contributed by atoms with Crippen molar-refractivity contribution in [3.8, 4) is 0 Å². The summed E-state index contributed by atoms with van der Waals surface area (Å²) in [4.78, 5) is 9.49. The van der Waals surface area contributed by atoms with Crippen LogP contribution in [-0.4, -0.2) is 79.8 Å². The molecular weight excluding hydrogens is 468 g/mol. The molecule has 0 radical (unpaired) electrons. The molecule has 0 amide bonds. The molecule has 1 aromatic carbocycles. The minimum absolute atomic E-state index is 0.256. The van der Waals surface area contributed by atoms with Crippen LogP contribution in [0.4, 0.5) is 5.82 Å². The molecule has 4 aromatic rings. The number of fused-ring (bicyclic) bond motifs is 1. The maximum absolute atomic E-state index is 10.9. The van der Waals surface area contributed by atoms with E-state index in [1.54, 1.807) is 16.4 Å². The first-order valence-electron chi connectivity index (χ1n) is 11.8. The first-order valence-corrected chi connectivity index (χ1v) is 12.8. The summed E-state index contributed by atoms with van der Waals surface area (Å²) in [5.74, 6) is 1.84. The zero-order chi connectivity index (χ0) is 23.9. The van der Waals surface area contributed by atoms with Crippen molar-refractivity contribution >= 4 is 28.7 Å². The molecule has 0 bridgehead atoms. The second-order valence-electron chi connectivity index (χ2n) is 9.07. The number of aliphatic hydroxyl groups is 2. The quantitative estimate of drug-likeness (QED) is 0.208. The minimum atomic E-state index is -1.08. The Hall–Kier alpha value is -3.16. The van der Waals surface area contributed by atoms with Crippen LogP contribution in [0, 0.1) is 0 Å². The van der Waals surface area contributed by atoms with Crippen LogP contribution in [0.3, 0.4) is 0 Å². The fourth-order valence-corrected chi connectivity index (χ4v) is 5.52. The lowest BCUT2D eigenvalue weighted by atomic mass is 10.1. The van der Waals surface area contributed by atoms with Gasteiger partial charge in [-0.05, 0) is 24.8 Å². The molecule has 3 heterocycles. The van der Waals surface area contributed by atoms with Crippen molar-refractivity contribution in [2.75, 3.05) is 11.1 Å². The molecular formula is C22H26N10O2S. The number of hydrogen-bond acceptors (Lipinski definition) is 11. The first-order chi connectivity index (χ1) is 17.1. The highest BCUT2D eigenvalue weighted by atomic mass is 32.2. The highest BCUT2D eigenvalue weighted by molar-refractivity contribution is 7.99. The summed E-state index contributed by atoms with van der Waals surface area (Å²) in [5, 5.41) is 48.4. The number of tetrazole rings is 1. The van der Waals surface area contributed by atoms with Crippen LogP contribution in [0.15, 0.2) is 35.5 Å². The molecule has 2 aliphatic carbocycles. The standard InChI is InChI=1S/C22H26N10O2S/c1-2-8-35-22-24-20(23-14-9-12(14)11-6-4-3-5-7-11)16-21(25-22)32(31-26-16)15-10-13(17(33)18(15)34)19-27-29-30-28-19/h3-7,12-15,17-18,33-34H,2,8-10H2,1H3,(H,23,24,25)(H,27,28,29,30)/t12-,13?,14+,15?,17-,18+/m1/s1. The fraction of sp³-hybridized carbons (Fsp3) is 0.500. The average Bonchev–Trinajstić information content (AvgIpc) is 3.19. The lowest BCUT2D eigenvalue weighted by molar-refractivity contribution is 0.0146. The minimum Gasteiger partial charge on any atom is -0.390 e. The maximum atomic E-state index is 10.9. The predicted octanol–water partition coefficient (Wildman–Crippen LogP) is 1.65. The summed E-state index contributed by atoms with van der Waals surface area (Å²) >= 11 is 1.57. The van der Waals surface area contributed by atoms with Crippen LogP contribution in [-0.2, 0) is 0 Å². The Morgan fingerprint density at radius 3 is 2.71 bits per heavy atom. The smallest absolute Gasteiger partial charge is 0.191 e. The van der Waals surface area contributed by atoms with E-state index < -0.39 is 24.2 Å². The van der Waals surface area contributed by atoms with E-state index in [-0.39, 0.29) is 6.04 Å². The third-order valence-electron chi connectivity index (χ3n) is 6.74. The molecule has 12 nitrogen and oxygen atoms in total. The van der Waals surface area contributed by atoms with Crippen molar-refractivity contribution in [2.45, 2.75) is 67.5 Å². The van der Waals surface area contributed by atoms with Gasteiger partial charge in [-0.2, -0.15) is 5.21 Å². The Labute approximate surface area is 204 Å². The van der Waals surface area contributed by atoms with E-state index in [0.717, 1.165) is 18.6 Å². The number of rotatable bonds is 8. The lowest BCUT2D eigenvalue weighted by Gasteiger charge is -2.17. The monoisotopic (exact) mass is 494 g/mol. The zero-order valence-corrected chi connectivity index (χ0v) is 19.9. The molecule has 2 unspecified atom stereocenters. The van der Waals surface area contributed by atoms with E-state index in [9.17, 15) is 10.2 Å². The van der Waals surface area contributed by atoms with Gasteiger partial charge in [0.05, 0.1) is 18.1 Å². The van der Waals surface area contributed by atoms with Crippen molar-refractivity contribution in [3.63, 3.8) is 0 Å². The summed E-state index contributed by atoms with van der Waals surface area (Å²) in [7, 11) is 0. The van der Waals surface area contributed by atoms with Crippen LogP contribution in [0.1, 0.15) is 55.5 Å².